The minimum atomic E-state index is -0.209. The molecular weight excluding hydrogens is 218 g/mol. The van der Waals surface area contributed by atoms with Crippen LogP contribution in [0.1, 0.15) is 25.0 Å². The van der Waals surface area contributed by atoms with E-state index in [4.69, 9.17) is 9.57 Å². The van der Waals surface area contributed by atoms with Crippen LogP contribution in [-0.4, -0.2) is 19.1 Å². The Morgan fingerprint density at radius 2 is 2.18 bits per heavy atom. The van der Waals surface area contributed by atoms with Crippen LogP contribution in [0.5, 0.6) is 0 Å². The number of nitrogens with one attached hydrogen (secondary N) is 1. The number of hydrogen-bond acceptors (Lipinski definition) is 4. The molecule has 92 valence electrons. The molecule has 0 spiro atoms. The average molecular weight is 235 g/mol. The van der Waals surface area contributed by atoms with E-state index in [9.17, 15) is 4.79 Å². The first-order valence-corrected chi connectivity index (χ1v) is 5.76. The van der Waals surface area contributed by atoms with E-state index in [0.29, 0.717) is 0 Å². The van der Waals surface area contributed by atoms with Gasteiger partial charge in [0.05, 0.1) is 13.0 Å². The van der Waals surface area contributed by atoms with Crippen LogP contribution in [0.4, 0.5) is 0 Å². The molecule has 2 rings (SSSR count). The Bertz CT molecular complexity index is 380. The standard InChI is InChI=1S/C13H17NO3/c1-9(13(15)16-2)11-8-12(17-14-11)10-6-4-3-5-7-10/h3-7,9,11-12,14H,8H2,1-2H3/t9-,11-,12+/m1/s1. The maximum absolute atomic E-state index is 11.4. The largest absolute Gasteiger partial charge is 0.469 e. The minimum Gasteiger partial charge on any atom is -0.469 e. The quantitative estimate of drug-likeness (QED) is 0.812. The highest BCUT2D eigenvalue weighted by atomic mass is 16.7. The average Bonchev–Trinajstić information content (AvgIpc) is 2.87. The first-order valence-electron chi connectivity index (χ1n) is 5.76. The maximum Gasteiger partial charge on any atom is 0.310 e. The van der Waals surface area contributed by atoms with Crippen LogP contribution in [0, 0.1) is 5.92 Å². The van der Waals surface area contributed by atoms with Gasteiger partial charge in [-0.1, -0.05) is 37.3 Å². The van der Waals surface area contributed by atoms with Crippen molar-refractivity contribution < 1.29 is 14.4 Å². The molecule has 0 amide bonds. The highest BCUT2D eigenvalue weighted by Gasteiger charge is 2.34. The maximum atomic E-state index is 11.4. The van der Waals surface area contributed by atoms with Gasteiger partial charge in [0.25, 0.3) is 0 Å². The molecule has 1 aliphatic rings. The molecule has 1 fully saturated rings. The molecule has 3 atom stereocenters. The Kier molecular flexibility index (Phi) is 3.76. The molecule has 0 unspecified atom stereocenters. The molecule has 0 saturated carbocycles. The lowest BCUT2D eigenvalue weighted by Crippen LogP contribution is -2.33. The Labute approximate surface area is 101 Å². The zero-order valence-electron chi connectivity index (χ0n) is 10.1. The normalized spacial score (nSPS) is 25.5. The summed E-state index contributed by atoms with van der Waals surface area (Å²) in [4.78, 5) is 16.9. The molecule has 1 saturated heterocycles. The van der Waals surface area contributed by atoms with Gasteiger partial charge in [-0.25, -0.2) is 0 Å². The van der Waals surface area contributed by atoms with Crippen molar-refractivity contribution in [1.82, 2.24) is 5.48 Å². The Morgan fingerprint density at radius 1 is 1.47 bits per heavy atom. The van der Waals surface area contributed by atoms with E-state index < -0.39 is 0 Å². The molecule has 0 aromatic heterocycles. The summed E-state index contributed by atoms with van der Waals surface area (Å²) >= 11 is 0. The van der Waals surface area contributed by atoms with Crippen LogP contribution >= 0.6 is 0 Å². The summed E-state index contributed by atoms with van der Waals surface area (Å²) in [6, 6.07) is 9.99. The highest BCUT2D eigenvalue weighted by molar-refractivity contribution is 5.72. The van der Waals surface area contributed by atoms with Gasteiger partial charge in [-0.05, 0) is 12.0 Å². The van der Waals surface area contributed by atoms with Gasteiger partial charge in [0.2, 0.25) is 0 Å². The van der Waals surface area contributed by atoms with Gasteiger partial charge in [-0.15, -0.1) is 0 Å². The first-order chi connectivity index (χ1) is 8.22. The van der Waals surface area contributed by atoms with E-state index in [2.05, 4.69) is 5.48 Å². The van der Waals surface area contributed by atoms with Crippen molar-refractivity contribution in [3.8, 4) is 0 Å². The molecule has 1 heterocycles. The molecule has 1 aromatic carbocycles. The molecule has 1 N–H and O–H groups in total. The van der Waals surface area contributed by atoms with Gasteiger partial charge in [-0.2, -0.15) is 5.48 Å². The van der Waals surface area contributed by atoms with E-state index in [-0.39, 0.29) is 24.0 Å². The third-order valence-electron chi connectivity index (χ3n) is 3.18. The number of benzene rings is 1. The summed E-state index contributed by atoms with van der Waals surface area (Å²) in [6.07, 6.45) is 0.786. The molecule has 0 bridgehead atoms. The number of methoxy groups -OCH3 is 1. The molecule has 17 heavy (non-hydrogen) atoms. The van der Waals surface area contributed by atoms with Gasteiger partial charge in [0, 0.05) is 6.04 Å². The summed E-state index contributed by atoms with van der Waals surface area (Å²) in [5.74, 6) is -0.409. The van der Waals surface area contributed by atoms with Crippen molar-refractivity contribution in [2.75, 3.05) is 7.11 Å². The molecule has 4 heteroatoms. The van der Waals surface area contributed by atoms with Crippen molar-refractivity contribution in [2.24, 2.45) is 5.92 Å². The zero-order valence-corrected chi connectivity index (χ0v) is 10.1. The monoisotopic (exact) mass is 235 g/mol. The summed E-state index contributed by atoms with van der Waals surface area (Å²) in [7, 11) is 1.41. The second kappa shape index (κ2) is 5.29. The van der Waals surface area contributed by atoms with E-state index in [1.165, 1.54) is 7.11 Å². The molecule has 0 aliphatic carbocycles. The van der Waals surface area contributed by atoms with Gasteiger partial charge >= 0.3 is 5.97 Å². The smallest absolute Gasteiger partial charge is 0.310 e. The van der Waals surface area contributed by atoms with Crippen LogP contribution in [-0.2, 0) is 14.4 Å². The fraction of sp³-hybridized carbons (Fsp3) is 0.462. The minimum absolute atomic E-state index is 0.00709. The predicted octanol–water partition coefficient (Wildman–Crippen LogP) is 1.83. The number of carbonyl (C=O) groups excluding carboxylic acids is 1. The van der Waals surface area contributed by atoms with Crippen molar-refractivity contribution in [1.29, 1.82) is 0 Å². The second-order valence-corrected chi connectivity index (χ2v) is 4.29. The third kappa shape index (κ3) is 2.65. The number of ether oxygens (including phenoxy) is 1. The Morgan fingerprint density at radius 3 is 2.82 bits per heavy atom. The number of hydrogen-bond donors (Lipinski definition) is 1. The van der Waals surface area contributed by atoms with Crippen molar-refractivity contribution >= 4 is 5.97 Å². The number of rotatable bonds is 3. The fourth-order valence-corrected chi connectivity index (χ4v) is 2.02. The van der Waals surface area contributed by atoms with E-state index >= 15 is 0 Å². The number of hydroxylamine groups is 1. The lowest BCUT2D eigenvalue weighted by molar-refractivity contribution is -0.146. The fourth-order valence-electron chi connectivity index (χ4n) is 2.02. The van der Waals surface area contributed by atoms with Gasteiger partial charge in [0.1, 0.15) is 6.10 Å². The third-order valence-corrected chi connectivity index (χ3v) is 3.18. The van der Waals surface area contributed by atoms with Crippen LogP contribution in [0.15, 0.2) is 30.3 Å². The summed E-state index contributed by atoms with van der Waals surface area (Å²) < 4.78 is 4.73. The molecular formula is C13H17NO3. The lowest BCUT2D eigenvalue weighted by Gasteiger charge is -2.14. The van der Waals surface area contributed by atoms with Crippen LogP contribution < -0.4 is 5.48 Å². The van der Waals surface area contributed by atoms with Crippen molar-refractivity contribution in [3.05, 3.63) is 35.9 Å². The highest BCUT2D eigenvalue weighted by Crippen LogP contribution is 2.29. The number of carbonyl (C=O) groups is 1. The Balaban J connectivity index is 1.98. The van der Waals surface area contributed by atoms with E-state index in [1.807, 2.05) is 37.3 Å². The topological polar surface area (TPSA) is 47.6 Å². The SMILES string of the molecule is COC(=O)[C@H](C)[C@H]1C[C@@H](c2ccccc2)ON1. The van der Waals surface area contributed by atoms with Gasteiger partial charge < -0.3 is 4.74 Å². The molecule has 0 radical (unpaired) electrons. The number of esters is 1. The van der Waals surface area contributed by atoms with E-state index in [1.54, 1.807) is 0 Å². The van der Waals surface area contributed by atoms with Gasteiger partial charge in [-0.3, -0.25) is 9.63 Å². The first kappa shape index (κ1) is 12.1. The predicted molar refractivity (Wildman–Crippen MR) is 63.0 cm³/mol. The summed E-state index contributed by atoms with van der Waals surface area (Å²) in [5, 5.41) is 0. The summed E-state index contributed by atoms with van der Waals surface area (Å²) in [6.45, 7) is 1.85. The van der Waals surface area contributed by atoms with Crippen LogP contribution in [0.25, 0.3) is 0 Å². The molecule has 1 aliphatic heterocycles. The Hall–Kier alpha value is -1.39. The summed E-state index contributed by atoms with van der Waals surface area (Å²) in [5.41, 5.74) is 4.04. The van der Waals surface area contributed by atoms with Crippen molar-refractivity contribution in [3.63, 3.8) is 0 Å². The van der Waals surface area contributed by atoms with Gasteiger partial charge in [0.15, 0.2) is 0 Å². The molecule has 4 nitrogen and oxygen atoms in total. The second-order valence-electron chi connectivity index (χ2n) is 4.29. The van der Waals surface area contributed by atoms with Crippen molar-refractivity contribution in [2.45, 2.75) is 25.5 Å². The van der Waals surface area contributed by atoms with Crippen LogP contribution in [0.2, 0.25) is 0 Å². The lowest BCUT2D eigenvalue weighted by atomic mass is 9.95. The zero-order chi connectivity index (χ0) is 12.3. The van der Waals surface area contributed by atoms with Crippen LogP contribution in [0.3, 0.4) is 0 Å². The van der Waals surface area contributed by atoms with E-state index in [0.717, 1.165) is 12.0 Å². The molecule has 1 aromatic rings.